The van der Waals surface area contributed by atoms with Crippen LogP contribution < -0.4 is 25.5 Å². The number of rotatable bonds is 9. The number of hydrazone groups is 1. The highest BCUT2D eigenvalue weighted by Crippen LogP contribution is 2.28. The minimum absolute atomic E-state index is 0.161. The van der Waals surface area contributed by atoms with Gasteiger partial charge in [-0.3, -0.25) is 14.4 Å². The Kier molecular flexibility index (Phi) is 9.47. The summed E-state index contributed by atoms with van der Waals surface area (Å²) >= 11 is 5.88. The lowest BCUT2D eigenvalue weighted by atomic mass is 10.1. The van der Waals surface area contributed by atoms with Crippen LogP contribution in [0.5, 0.6) is 11.5 Å². The maximum absolute atomic E-state index is 12.8. The molecule has 9 nitrogen and oxygen atoms in total. The molecule has 4 aromatic carbocycles. The zero-order valence-electron chi connectivity index (χ0n) is 21.4. The first-order valence-electron chi connectivity index (χ1n) is 12.1. The van der Waals surface area contributed by atoms with E-state index in [-0.39, 0.29) is 11.3 Å². The van der Waals surface area contributed by atoms with E-state index in [2.05, 4.69) is 21.2 Å². The topological polar surface area (TPSA) is 118 Å². The summed E-state index contributed by atoms with van der Waals surface area (Å²) in [5, 5.41) is 9.55. The van der Waals surface area contributed by atoms with Crippen LogP contribution in [0.3, 0.4) is 0 Å². The highest BCUT2D eigenvalue weighted by molar-refractivity contribution is 6.40. The molecule has 0 bridgehead atoms. The lowest BCUT2D eigenvalue weighted by Crippen LogP contribution is -2.33. The Hall–Kier alpha value is -5.15. The molecule has 0 aliphatic heterocycles. The fourth-order valence-corrected chi connectivity index (χ4v) is 3.66. The van der Waals surface area contributed by atoms with Gasteiger partial charge in [-0.15, -0.1) is 0 Å². The van der Waals surface area contributed by atoms with Crippen molar-refractivity contribution < 1.29 is 23.9 Å². The van der Waals surface area contributed by atoms with E-state index < -0.39 is 17.7 Å². The van der Waals surface area contributed by atoms with E-state index in [0.717, 1.165) is 5.56 Å². The first kappa shape index (κ1) is 27.9. The maximum atomic E-state index is 12.8. The third-order valence-electron chi connectivity index (χ3n) is 5.53. The van der Waals surface area contributed by atoms with Crippen LogP contribution in [0, 0.1) is 0 Å². The Morgan fingerprint density at radius 2 is 1.55 bits per heavy atom. The van der Waals surface area contributed by atoms with Crippen molar-refractivity contribution >= 4 is 46.9 Å². The average molecular weight is 557 g/mol. The molecule has 4 aromatic rings. The van der Waals surface area contributed by atoms with Crippen LogP contribution in [-0.2, 0) is 16.2 Å². The number of anilines is 2. The number of benzene rings is 4. The second-order valence-electron chi connectivity index (χ2n) is 8.34. The summed E-state index contributed by atoms with van der Waals surface area (Å²) in [5.41, 5.74) is 4.65. The maximum Gasteiger partial charge on any atom is 0.329 e. The molecule has 202 valence electrons. The lowest BCUT2D eigenvalue weighted by Gasteiger charge is -2.11. The Morgan fingerprint density at radius 1 is 0.825 bits per heavy atom. The van der Waals surface area contributed by atoms with E-state index in [1.807, 2.05) is 30.3 Å². The highest BCUT2D eigenvalue weighted by atomic mass is 35.5. The molecular formula is C30H25ClN4O5. The van der Waals surface area contributed by atoms with Gasteiger partial charge in [-0.05, 0) is 65.7 Å². The van der Waals surface area contributed by atoms with Crippen molar-refractivity contribution in [1.29, 1.82) is 0 Å². The van der Waals surface area contributed by atoms with Crippen LogP contribution >= 0.6 is 11.6 Å². The van der Waals surface area contributed by atoms with Gasteiger partial charge in [-0.2, -0.15) is 5.10 Å². The van der Waals surface area contributed by atoms with Crippen LogP contribution in [0.15, 0.2) is 102 Å². The average Bonchev–Trinajstić information content (AvgIpc) is 2.98. The monoisotopic (exact) mass is 556 g/mol. The molecule has 3 amide bonds. The minimum atomic E-state index is -1.01. The number of carbonyl (C=O) groups is 3. The number of nitrogens with zero attached hydrogens (tertiary/aromatic N) is 1. The summed E-state index contributed by atoms with van der Waals surface area (Å²) in [4.78, 5) is 37.6. The fraction of sp³-hybridized carbons (Fsp3) is 0.0667. The Morgan fingerprint density at radius 3 is 2.30 bits per heavy atom. The third kappa shape index (κ3) is 7.68. The highest BCUT2D eigenvalue weighted by Gasteiger charge is 2.18. The van der Waals surface area contributed by atoms with Gasteiger partial charge in [0.25, 0.3) is 5.91 Å². The molecule has 0 spiro atoms. The molecule has 3 N–H and O–H groups in total. The van der Waals surface area contributed by atoms with Gasteiger partial charge in [0, 0.05) is 10.7 Å². The van der Waals surface area contributed by atoms with Crippen LogP contribution in [-0.4, -0.2) is 31.0 Å². The second-order valence-corrected chi connectivity index (χ2v) is 8.78. The van der Waals surface area contributed by atoms with E-state index in [1.165, 1.54) is 25.5 Å². The SMILES string of the molecule is COc1cc(C=NNC(=O)C(=O)Nc2ccccc2C(=O)Nc2ccc(Cl)cc2)ccc1OCc1ccccc1. The summed E-state index contributed by atoms with van der Waals surface area (Å²) in [6.45, 7) is 0.377. The quantitative estimate of drug-likeness (QED) is 0.147. The third-order valence-corrected chi connectivity index (χ3v) is 5.78. The van der Waals surface area contributed by atoms with Crippen LogP contribution in [0.4, 0.5) is 11.4 Å². The Balaban J connectivity index is 1.34. The summed E-state index contributed by atoms with van der Waals surface area (Å²) < 4.78 is 11.2. The molecule has 4 rings (SSSR count). The van der Waals surface area contributed by atoms with Gasteiger partial charge in [0.2, 0.25) is 0 Å². The molecule has 0 unspecified atom stereocenters. The number of ether oxygens (including phenoxy) is 2. The van der Waals surface area contributed by atoms with Gasteiger partial charge in [-0.25, -0.2) is 5.43 Å². The molecule has 0 aromatic heterocycles. The molecule has 0 saturated carbocycles. The van der Waals surface area contributed by atoms with E-state index >= 15 is 0 Å². The van der Waals surface area contributed by atoms with Crippen molar-refractivity contribution in [3.63, 3.8) is 0 Å². The van der Waals surface area contributed by atoms with E-state index in [4.69, 9.17) is 21.1 Å². The van der Waals surface area contributed by atoms with Gasteiger partial charge >= 0.3 is 11.8 Å². The molecule has 40 heavy (non-hydrogen) atoms. The van der Waals surface area contributed by atoms with Crippen molar-refractivity contribution in [2.45, 2.75) is 6.61 Å². The fourth-order valence-electron chi connectivity index (χ4n) is 3.54. The van der Waals surface area contributed by atoms with Gasteiger partial charge in [0.05, 0.1) is 24.6 Å². The van der Waals surface area contributed by atoms with E-state index in [0.29, 0.717) is 34.4 Å². The summed E-state index contributed by atoms with van der Waals surface area (Å²) in [7, 11) is 1.52. The van der Waals surface area contributed by atoms with Crippen LogP contribution in [0.25, 0.3) is 0 Å². The number of carbonyl (C=O) groups excluding carboxylic acids is 3. The van der Waals surface area contributed by atoms with Crippen molar-refractivity contribution in [2.75, 3.05) is 17.7 Å². The molecule has 0 radical (unpaired) electrons. The number of hydrogen-bond donors (Lipinski definition) is 3. The van der Waals surface area contributed by atoms with Gasteiger partial charge < -0.3 is 20.1 Å². The van der Waals surface area contributed by atoms with Crippen molar-refractivity contribution in [2.24, 2.45) is 5.10 Å². The molecule has 0 aliphatic carbocycles. The molecule has 0 fully saturated rings. The van der Waals surface area contributed by atoms with Gasteiger partial charge in [-0.1, -0.05) is 54.1 Å². The molecule has 0 aliphatic rings. The Labute approximate surface area is 235 Å². The molecule has 0 atom stereocenters. The molecule has 0 saturated heterocycles. The predicted molar refractivity (Wildman–Crippen MR) is 154 cm³/mol. The zero-order valence-corrected chi connectivity index (χ0v) is 22.1. The van der Waals surface area contributed by atoms with Crippen LogP contribution in [0.1, 0.15) is 21.5 Å². The standard InChI is InChI=1S/C30H25ClN4O5/c1-39-27-17-21(11-16-26(27)40-19-20-7-3-2-4-8-20)18-32-35-30(38)29(37)34-25-10-6-5-9-24(25)28(36)33-23-14-12-22(31)13-15-23/h2-18H,19H2,1H3,(H,33,36)(H,34,37)(H,35,38). The first-order valence-corrected chi connectivity index (χ1v) is 12.5. The Bertz CT molecular complexity index is 1530. The smallest absolute Gasteiger partial charge is 0.329 e. The number of para-hydroxylation sites is 1. The normalized spacial score (nSPS) is 10.6. The molecular weight excluding hydrogens is 532 g/mol. The number of methoxy groups -OCH3 is 1. The van der Waals surface area contributed by atoms with Crippen molar-refractivity contribution in [3.8, 4) is 11.5 Å². The minimum Gasteiger partial charge on any atom is -0.493 e. The first-order chi connectivity index (χ1) is 19.4. The van der Waals surface area contributed by atoms with Crippen molar-refractivity contribution in [1.82, 2.24) is 5.43 Å². The summed E-state index contributed by atoms with van der Waals surface area (Å²) in [6, 6.07) is 27.7. The van der Waals surface area contributed by atoms with Crippen molar-refractivity contribution in [3.05, 3.63) is 119 Å². The lowest BCUT2D eigenvalue weighted by molar-refractivity contribution is -0.136. The number of hydrogen-bond acceptors (Lipinski definition) is 6. The predicted octanol–water partition coefficient (Wildman–Crippen LogP) is 5.27. The number of halogens is 1. The molecule has 0 heterocycles. The van der Waals surface area contributed by atoms with Gasteiger partial charge in [0.15, 0.2) is 11.5 Å². The molecule has 10 heteroatoms. The number of amides is 3. The second kappa shape index (κ2) is 13.6. The summed E-state index contributed by atoms with van der Waals surface area (Å²) in [5.74, 6) is -1.45. The van der Waals surface area contributed by atoms with E-state index in [1.54, 1.807) is 54.6 Å². The van der Waals surface area contributed by atoms with Gasteiger partial charge in [0.1, 0.15) is 6.61 Å². The largest absolute Gasteiger partial charge is 0.493 e. The van der Waals surface area contributed by atoms with E-state index in [9.17, 15) is 14.4 Å². The number of nitrogens with one attached hydrogen (secondary N) is 3. The summed E-state index contributed by atoms with van der Waals surface area (Å²) in [6.07, 6.45) is 1.36. The van der Waals surface area contributed by atoms with Crippen LogP contribution in [0.2, 0.25) is 5.02 Å². The zero-order chi connectivity index (χ0) is 28.3.